The number of aliphatic carboxylic acids is 1. The van der Waals surface area contributed by atoms with E-state index in [-0.39, 0.29) is 5.73 Å². The summed E-state index contributed by atoms with van der Waals surface area (Å²) in [7, 11) is -3.16. The lowest BCUT2D eigenvalue weighted by molar-refractivity contribution is -0.131. The Morgan fingerprint density at radius 3 is 2.00 bits per heavy atom. The maximum absolute atomic E-state index is 11.0. The van der Waals surface area contributed by atoms with Crippen LogP contribution in [0.15, 0.2) is 24.3 Å². The van der Waals surface area contributed by atoms with Gasteiger partial charge in [-0.15, -0.1) is 0 Å². The van der Waals surface area contributed by atoms with E-state index < -0.39 is 14.8 Å². The molecule has 0 spiro atoms. The number of hydrogen-bond acceptors (Lipinski definition) is 6. The zero-order chi connectivity index (χ0) is 27.4. The summed E-state index contributed by atoms with van der Waals surface area (Å²) in [6, 6.07) is 5.51. The highest BCUT2D eigenvalue weighted by molar-refractivity contribution is 6.62. The summed E-state index contributed by atoms with van der Waals surface area (Å²) in [6.07, 6.45) is 13.5. The second-order valence-corrected chi connectivity index (χ2v) is 11.7. The molecule has 7 nitrogen and oxygen atoms in total. The van der Waals surface area contributed by atoms with E-state index in [1.165, 1.54) is 25.7 Å². The first-order valence-corrected chi connectivity index (χ1v) is 16.0. The number of benzene rings is 1. The van der Waals surface area contributed by atoms with Crippen LogP contribution in [0.2, 0.25) is 0 Å². The molecule has 1 rings (SSSR count). The van der Waals surface area contributed by atoms with Gasteiger partial charge in [0, 0.05) is 25.9 Å². The van der Waals surface area contributed by atoms with Crippen molar-refractivity contribution < 1.29 is 32.7 Å². The van der Waals surface area contributed by atoms with Gasteiger partial charge in [-0.05, 0) is 63.8 Å². The monoisotopic (exact) mass is 538 g/mol. The number of carboxylic acids is 1. The predicted octanol–water partition coefficient (Wildman–Crippen LogP) is 7.44. The van der Waals surface area contributed by atoms with E-state index in [1.807, 2.05) is 39.0 Å². The van der Waals surface area contributed by atoms with Gasteiger partial charge in [-0.2, -0.15) is 0 Å². The van der Waals surface area contributed by atoms with Gasteiger partial charge >= 0.3 is 14.8 Å². The first-order chi connectivity index (χ1) is 18.0. The van der Waals surface area contributed by atoms with Crippen LogP contribution in [0.1, 0.15) is 104 Å². The van der Waals surface area contributed by atoms with Crippen molar-refractivity contribution in [2.45, 2.75) is 105 Å². The normalized spacial score (nSPS) is 12.7. The highest BCUT2D eigenvalue weighted by atomic mass is 28.4. The zero-order valence-corrected chi connectivity index (χ0v) is 24.8. The van der Waals surface area contributed by atoms with Gasteiger partial charge in [0.25, 0.3) is 0 Å². The van der Waals surface area contributed by atoms with E-state index in [1.54, 1.807) is 6.08 Å². The molecule has 8 heteroatoms. The Balaban J connectivity index is 3.28. The molecule has 0 aliphatic heterocycles. The van der Waals surface area contributed by atoms with Crippen LogP contribution in [0.4, 0.5) is 0 Å². The van der Waals surface area contributed by atoms with Crippen molar-refractivity contribution in [2.24, 2.45) is 0 Å². The highest BCUT2D eigenvalue weighted by Gasteiger charge is 2.51. The van der Waals surface area contributed by atoms with Crippen molar-refractivity contribution in [3.8, 4) is 11.5 Å². The number of rotatable bonds is 23. The van der Waals surface area contributed by atoms with Crippen LogP contribution in [0.3, 0.4) is 0 Å². The Morgan fingerprint density at radius 1 is 0.838 bits per heavy atom. The van der Waals surface area contributed by atoms with Gasteiger partial charge in [-0.1, -0.05) is 64.9 Å². The lowest BCUT2D eigenvalue weighted by Crippen LogP contribution is -2.59. The van der Waals surface area contributed by atoms with Crippen molar-refractivity contribution in [1.29, 1.82) is 0 Å². The van der Waals surface area contributed by atoms with E-state index in [0.29, 0.717) is 37.9 Å². The first kappa shape index (κ1) is 33.2. The van der Waals surface area contributed by atoms with Gasteiger partial charge in [0.05, 0.1) is 6.61 Å². The average Bonchev–Trinajstić information content (AvgIpc) is 2.87. The SMILES string of the molecule is CCCCCCCC(Oc1ccc(/C=C/C(=O)O)cc1OCCCCCC)[Si](OCC)(OCC)OCC. The van der Waals surface area contributed by atoms with E-state index in [2.05, 4.69) is 13.8 Å². The fourth-order valence-corrected chi connectivity index (χ4v) is 6.96. The van der Waals surface area contributed by atoms with E-state index in [9.17, 15) is 4.79 Å². The third-order valence-electron chi connectivity index (χ3n) is 5.91. The molecule has 1 aromatic rings. The van der Waals surface area contributed by atoms with Crippen LogP contribution in [0, 0.1) is 0 Å². The van der Waals surface area contributed by atoms with E-state index >= 15 is 0 Å². The molecule has 0 saturated heterocycles. The zero-order valence-electron chi connectivity index (χ0n) is 23.8. The van der Waals surface area contributed by atoms with Crippen LogP contribution in [-0.4, -0.2) is 52.0 Å². The predicted molar refractivity (Wildman–Crippen MR) is 151 cm³/mol. The molecule has 1 N–H and O–H groups in total. The minimum Gasteiger partial charge on any atom is -0.490 e. The molecular formula is C29H50O7Si. The summed E-state index contributed by atoms with van der Waals surface area (Å²) >= 11 is 0. The quantitative estimate of drug-likeness (QED) is 0.0880. The molecule has 0 aromatic heterocycles. The summed E-state index contributed by atoms with van der Waals surface area (Å²) in [4.78, 5) is 11.0. The standard InChI is InChI=1S/C29H50O7Si/c1-6-11-13-15-16-18-29(37(33-8-3,34-9-4)35-10-5)36-26-21-19-25(20-22-28(30)31)24-27(26)32-23-17-14-12-7-2/h19-22,24,29H,6-18,23H2,1-5H3,(H,30,31)/b22-20+. The van der Waals surface area contributed by atoms with Crippen molar-refractivity contribution in [3.63, 3.8) is 0 Å². The van der Waals surface area contributed by atoms with Crippen molar-refractivity contribution >= 4 is 20.8 Å². The Kier molecular flexibility index (Phi) is 18.0. The molecule has 0 aliphatic rings. The molecule has 0 radical (unpaired) electrons. The summed E-state index contributed by atoms with van der Waals surface area (Å²) in [5.41, 5.74) is 0.356. The fraction of sp³-hybridized carbons (Fsp3) is 0.690. The highest BCUT2D eigenvalue weighted by Crippen LogP contribution is 2.34. The Hall–Kier alpha value is -1.87. The molecule has 1 unspecified atom stereocenters. The minimum absolute atomic E-state index is 0.378. The topological polar surface area (TPSA) is 83.5 Å². The van der Waals surface area contributed by atoms with Crippen molar-refractivity contribution in [1.82, 2.24) is 0 Å². The molecule has 0 heterocycles. The van der Waals surface area contributed by atoms with Gasteiger partial charge in [-0.3, -0.25) is 0 Å². The Bertz CT molecular complexity index is 752. The number of hydrogen-bond donors (Lipinski definition) is 1. The smallest absolute Gasteiger partial charge is 0.490 e. The third-order valence-corrected chi connectivity index (χ3v) is 9.18. The average molecular weight is 539 g/mol. The fourth-order valence-electron chi connectivity index (χ4n) is 4.12. The van der Waals surface area contributed by atoms with Gasteiger partial charge < -0.3 is 27.9 Å². The summed E-state index contributed by atoms with van der Waals surface area (Å²) in [5.74, 6) is 0.191. The molecule has 0 fully saturated rings. The third kappa shape index (κ3) is 13.0. The van der Waals surface area contributed by atoms with Crippen molar-refractivity contribution in [2.75, 3.05) is 26.4 Å². The molecular weight excluding hydrogens is 488 g/mol. The van der Waals surface area contributed by atoms with Gasteiger partial charge in [-0.25, -0.2) is 4.79 Å². The van der Waals surface area contributed by atoms with Crippen LogP contribution < -0.4 is 9.47 Å². The lowest BCUT2D eigenvalue weighted by Gasteiger charge is -2.35. The Morgan fingerprint density at radius 2 is 1.43 bits per heavy atom. The van der Waals surface area contributed by atoms with Gasteiger partial charge in [0.1, 0.15) is 0 Å². The van der Waals surface area contributed by atoms with E-state index in [4.69, 9.17) is 27.9 Å². The molecule has 0 aliphatic carbocycles. The molecule has 0 saturated carbocycles. The van der Waals surface area contributed by atoms with Crippen LogP contribution in [0.5, 0.6) is 11.5 Å². The van der Waals surface area contributed by atoms with Crippen molar-refractivity contribution in [3.05, 3.63) is 29.8 Å². The van der Waals surface area contributed by atoms with E-state index in [0.717, 1.165) is 50.2 Å². The van der Waals surface area contributed by atoms with Crippen LogP contribution >= 0.6 is 0 Å². The van der Waals surface area contributed by atoms with Crippen LogP contribution in [-0.2, 0) is 18.1 Å². The Labute approximate surface area is 225 Å². The second kappa shape index (κ2) is 20.1. The summed E-state index contributed by atoms with van der Waals surface area (Å²) in [6.45, 7) is 12.2. The number of ether oxygens (including phenoxy) is 2. The molecule has 0 amide bonds. The summed E-state index contributed by atoms with van der Waals surface area (Å²) in [5, 5.41) is 9.04. The number of unbranched alkanes of at least 4 members (excludes halogenated alkanes) is 7. The molecule has 212 valence electrons. The summed E-state index contributed by atoms with van der Waals surface area (Å²) < 4.78 is 31.5. The maximum Gasteiger partial charge on any atom is 0.543 e. The molecule has 37 heavy (non-hydrogen) atoms. The first-order valence-electron chi connectivity index (χ1n) is 14.2. The second-order valence-electron chi connectivity index (χ2n) is 9.00. The number of carbonyl (C=O) groups is 1. The number of carboxylic acid groups (broad SMARTS) is 1. The van der Waals surface area contributed by atoms with Gasteiger partial charge in [0.15, 0.2) is 17.2 Å². The lowest BCUT2D eigenvalue weighted by atomic mass is 10.1. The maximum atomic E-state index is 11.0. The largest absolute Gasteiger partial charge is 0.543 e. The van der Waals surface area contributed by atoms with Gasteiger partial charge in [0.2, 0.25) is 0 Å². The molecule has 1 atom stereocenters. The molecule has 0 bridgehead atoms. The minimum atomic E-state index is -3.16. The van der Waals surface area contributed by atoms with Crippen LogP contribution in [0.25, 0.3) is 6.08 Å². The molecule has 1 aromatic carbocycles.